The molecular weight excluding hydrogens is 382 g/mol. The van der Waals surface area contributed by atoms with Crippen LogP contribution in [-0.4, -0.2) is 99.1 Å². The lowest BCUT2D eigenvalue weighted by atomic mass is 9.75. The summed E-state index contributed by atoms with van der Waals surface area (Å²) in [5.41, 5.74) is -6.08. The molecule has 3 aliphatic heterocycles. The van der Waals surface area contributed by atoms with Gasteiger partial charge in [-0.1, -0.05) is 13.8 Å². The molecule has 6 atom stereocenters. The van der Waals surface area contributed by atoms with Crippen LogP contribution >= 0.6 is 0 Å². The highest BCUT2D eigenvalue weighted by atomic mass is 16.5. The zero-order valence-corrected chi connectivity index (χ0v) is 17.2. The van der Waals surface area contributed by atoms with Crippen molar-refractivity contribution in [2.45, 2.75) is 68.6 Å². The highest BCUT2D eigenvalue weighted by Gasteiger charge is 2.79. The molecule has 160 valence electrons. The van der Waals surface area contributed by atoms with Crippen molar-refractivity contribution in [2.24, 2.45) is 5.41 Å². The van der Waals surface area contributed by atoms with Gasteiger partial charge < -0.3 is 30.1 Å². The molecule has 29 heavy (non-hydrogen) atoms. The Bertz CT molecular complexity index is 844. The van der Waals surface area contributed by atoms with E-state index >= 15 is 0 Å². The molecule has 1 aliphatic carbocycles. The minimum atomic E-state index is -1.97. The van der Waals surface area contributed by atoms with E-state index in [0.29, 0.717) is 0 Å². The van der Waals surface area contributed by atoms with E-state index in [9.17, 15) is 29.4 Å². The van der Waals surface area contributed by atoms with Crippen LogP contribution in [0.5, 0.6) is 0 Å². The lowest BCUT2D eigenvalue weighted by Gasteiger charge is -2.45. The second-order valence-corrected chi connectivity index (χ2v) is 9.44. The van der Waals surface area contributed by atoms with Crippen molar-refractivity contribution in [1.82, 2.24) is 15.1 Å². The maximum Gasteiger partial charge on any atom is 0.313 e. The Hall–Kier alpha value is -2.04. The molecule has 0 aromatic rings. The number of rotatable bonds is 1. The van der Waals surface area contributed by atoms with Gasteiger partial charge in [0.15, 0.2) is 11.4 Å². The fraction of sp³-hybridized carbons (Fsp3) is 0.789. The molecule has 1 spiro atoms. The molecule has 3 saturated heterocycles. The molecule has 0 aromatic heterocycles. The molecule has 3 amide bonds. The fourth-order valence-electron chi connectivity index (χ4n) is 5.81. The second-order valence-electron chi connectivity index (χ2n) is 9.44. The van der Waals surface area contributed by atoms with Gasteiger partial charge in [0, 0.05) is 26.9 Å². The molecule has 6 unspecified atom stereocenters. The number of ether oxygens (including phenoxy) is 1. The van der Waals surface area contributed by atoms with Gasteiger partial charge in [0.1, 0.15) is 17.2 Å². The molecule has 0 radical (unpaired) electrons. The average molecular weight is 409 g/mol. The van der Waals surface area contributed by atoms with E-state index in [4.69, 9.17) is 4.74 Å². The van der Waals surface area contributed by atoms with E-state index in [0.717, 1.165) is 9.80 Å². The molecular formula is C19H27N3O7. The van der Waals surface area contributed by atoms with Crippen LogP contribution in [0.15, 0.2) is 0 Å². The Morgan fingerprint density at radius 2 is 1.86 bits per heavy atom. The Morgan fingerprint density at radius 3 is 2.38 bits per heavy atom. The van der Waals surface area contributed by atoms with E-state index in [1.165, 1.54) is 14.1 Å². The van der Waals surface area contributed by atoms with Gasteiger partial charge in [0.25, 0.3) is 0 Å². The largest absolute Gasteiger partial charge is 0.387 e. The molecule has 10 heteroatoms. The lowest BCUT2D eigenvalue weighted by molar-refractivity contribution is -0.170. The van der Waals surface area contributed by atoms with E-state index < -0.39 is 58.1 Å². The summed E-state index contributed by atoms with van der Waals surface area (Å²) in [6, 6.07) is -1.11. The van der Waals surface area contributed by atoms with Crippen LogP contribution in [0.3, 0.4) is 0 Å². The predicted molar refractivity (Wildman–Crippen MR) is 97.3 cm³/mol. The number of ketones is 1. The molecule has 3 N–H and O–H groups in total. The minimum Gasteiger partial charge on any atom is -0.387 e. The molecule has 4 rings (SSSR count). The third kappa shape index (κ3) is 2.06. The first-order valence-corrected chi connectivity index (χ1v) is 9.74. The minimum absolute atomic E-state index is 0.119. The summed E-state index contributed by atoms with van der Waals surface area (Å²) >= 11 is 0. The normalized spacial score (nSPS) is 45.8. The number of hydrogen-bond acceptors (Lipinski definition) is 7. The van der Waals surface area contributed by atoms with Gasteiger partial charge in [0.05, 0.1) is 24.1 Å². The molecule has 4 aliphatic rings. The van der Waals surface area contributed by atoms with Gasteiger partial charge in [-0.15, -0.1) is 0 Å². The summed E-state index contributed by atoms with van der Waals surface area (Å²) in [4.78, 5) is 53.6. The lowest BCUT2D eigenvalue weighted by Crippen LogP contribution is -2.70. The maximum atomic E-state index is 13.2. The number of aliphatic hydroxyl groups excluding tert-OH is 1. The number of nitrogens with zero attached hydrogens (tertiary/aromatic N) is 2. The van der Waals surface area contributed by atoms with Gasteiger partial charge in [-0.25, -0.2) is 0 Å². The van der Waals surface area contributed by atoms with Crippen LogP contribution in [0.4, 0.5) is 0 Å². The summed E-state index contributed by atoms with van der Waals surface area (Å²) in [6.45, 7) is 5.02. The molecule has 10 nitrogen and oxygen atoms in total. The maximum absolute atomic E-state index is 13.2. The van der Waals surface area contributed by atoms with Crippen molar-refractivity contribution in [2.75, 3.05) is 20.6 Å². The zero-order chi connectivity index (χ0) is 21.7. The summed E-state index contributed by atoms with van der Waals surface area (Å²) in [5, 5.41) is 25.2. The molecule has 0 bridgehead atoms. The quantitative estimate of drug-likeness (QED) is 0.418. The van der Waals surface area contributed by atoms with Crippen molar-refractivity contribution < 1.29 is 34.1 Å². The number of Topliss-reactive ketones (excluding diaryl/α,β-unsaturated/α-hetero) is 1. The third-order valence-electron chi connectivity index (χ3n) is 7.61. The van der Waals surface area contributed by atoms with E-state index in [2.05, 4.69) is 5.32 Å². The zero-order valence-electron chi connectivity index (χ0n) is 17.2. The number of hydrogen-bond donors (Lipinski definition) is 3. The monoisotopic (exact) mass is 409 g/mol. The highest BCUT2D eigenvalue weighted by molar-refractivity contribution is 6.36. The summed E-state index contributed by atoms with van der Waals surface area (Å²) in [6.07, 6.45) is -2.64. The van der Waals surface area contributed by atoms with Crippen LogP contribution in [0, 0.1) is 5.41 Å². The Kier molecular flexibility index (Phi) is 3.88. The van der Waals surface area contributed by atoms with E-state index in [1.807, 2.05) is 0 Å². The number of carbonyl (C=O) groups excluding carboxylic acids is 4. The number of piperazine rings is 1. The van der Waals surface area contributed by atoms with E-state index in [1.54, 1.807) is 20.8 Å². The van der Waals surface area contributed by atoms with Gasteiger partial charge in [-0.05, 0) is 6.92 Å². The van der Waals surface area contributed by atoms with E-state index in [-0.39, 0.29) is 25.2 Å². The van der Waals surface area contributed by atoms with Crippen molar-refractivity contribution in [1.29, 1.82) is 0 Å². The molecule has 3 heterocycles. The number of fused-ring (bicyclic) bond motifs is 3. The van der Waals surface area contributed by atoms with Crippen molar-refractivity contribution in [3.63, 3.8) is 0 Å². The Balaban J connectivity index is 1.84. The van der Waals surface area contributed by atoms with Crippen LogP contribution in [-0.2, 0) is 23.9 Å². The number of aliphatic hydroxyl groups is 2. The molecule has 1 saturated carbocycles. The first-order chi connectivity index (χ1) is 13.3. The standard InChI is InChI=1S/C19H27N3O7/c1-9-16(2,3)13(25)19(29-9)6-10-18(28,14(19)26)7-17(15(27)20-4)8-21(5)11(23)12(24)22(10)17/h9-10,14,26,28H,6-8H2,1-5H3,(H,20,27). The second kappa shape index (κ2) is 5.55. The van der Waals surface area contributed by atoms with Crippen molar-refractivity contribution >= 4 is 23.5 Å². The van der Waals surface area contributed by atoms with Gasteiger partial charge in [-0.2, -0.15) is 0 Å². The molecule has 0 aromatic carbocycles. The Labute approximate surface area is 168 Å². The number of nitrogens with one attached hydrogen (secondary N) is 1. The summed E-state index contributed by atoms with van der Waals surface area (Å²) in [7, 11) is 2.81. The smallest absolute Gasteiger partial charge is 0.313 e. The van der Waals surface area contributed by atoms with Gasteiger partial charge in [-0.3, -0.25) is 19.2 Å². The van der Waals surface area contributed by atoms with Crippen molar-refractivity contribution in [3.8, 4) is 0 Å². The average Bonchev–Trinajstić information content (AvgIpc) is 3.10. The number of amides is 3. The highest BCUT2D eigenvalue weighted by Crippen LogP contribution is 2.59. The van der Waals surface area contributed by atoms with Crippen LogP contribution < -0.4 is 5.32 Å². The first kappa shape index (κ1) is 20.2. The van der Waals surface area contributed by atoms with Crippen molar-refractivity contribution in [3.05, 3.63) is 0 Å². The third-order valence-corrected chi connectivity index (χ3v) is 7.61. The summed E-state index contributed by atoms with van der Waals surface area (Å²) in [5.74, 6) is -2.64. The van der Waals surface area contributed by atoms with Crippen LogP contribution in [0.2, 0.25) is 0 Å². The van der Waals surface area contributed by atoms with Crippen LogP contribution in [0.1, 0.15) is 33.6 Å². The molecule has 4 fully saturated rings. The first-order valence-electron chi connectivity index (χ1n) is 9.74. The van der Waals surface area contributed by atoms with Gasteiger partial charge >= 0.3 is 11.8 Å². The Morgan fingerprint density at radius 1 is 1.24 bits per heavy atom. The number of carbonyl (C=O) groups is 4. The predicted octanol–water partition coefficient (Wildman–Crippen LogP) is -2.21. The fourth-order valence-corrected chi connectivity index (χ4v) is 5.81. The van der Waals surface area contributed by atoms with Crippen LogP contribution in [0.25, 0.3) is 0 Å². The topological polar surface area (TPSA) is 136 Å². The number of likely N-dealkylation sites (N-methyl/N-ethyl adjacent to an activating group) is 2. The van der Waals surface area contributed by atoms with Gasteiger partial charge in [0.2, 0.25) is 5.91 Å². The summed E-state index contributed by atoms with van der Waals surface area (Å²) < 4.78 is 5.94. The SMILES string of the molecule is CNC(=O)C12CN(C)C(=O)C(=O)N1C1CC3(OC(C)C(C)(C)C3=O)C(O)C1(O)C2.